The Kier molecular flexibility index (Phi) is 9.87. The van der Waals surface area contributed by atoms with Crippen molar-refractivity contribution in [3.05, 3.63) is 35.4 Å². The lowest BCUT2D eigenvalue weighted by Gasteiger charge is -2.29. The molecule has 2 fully saturated rings. The molecule has 2 aliphatic heterocycles. The van der Waals surface area contributed by atoms with E-state index >= 15 is 0 Å². The second kappa shape index (κ2) is 11.9. The van der Waals surface area contributed by atoms with E-state index in [0.717, 1.165) is 70.9 Å². The minimum Gasteiger partial charge on any atom is -0.379 e. The van der Waals surface area contributed by atoms with Crippen molar-refractivity contribution in [3.63, 3.8) is 0 Å². The van der Waals surface area contributed by atoms with Crippen LogP contribution in [0.5, 0.6) is 0 Å². The van der Waals surface area contributed by atoms with Gasteiger partial charge in [0.1, 0.15) is 11.6 Å². The third-order valence-corrected chi connectivity index (χ3v) is 5.20. The summed E-state index contributed by atoms with van der Waals surface area (Å²) in [6.45, 7) is 10.1. The van der Waals surface area contributed by atoms with Gasteiger partial charge in [0.25, 0.3) is 0 Å². The maximum Gasteiger partial charge on any atom is 0.193 e. The number of guanidine groups is 1. The van der Waals surface area contributed by atoms with E-state index in [1.165, 1.54) is 12.1 Å². The van der Waals surface area contributed by atoms with E-state index in [-0.39, 0.29) is 24.0 Å². The lowest BCUT2D eigenvalue weighted by atomic mass is 10.1. The maximum atomic E-state index is 13.8. The number of nitrogens with zero attached hydrogens (tertiary/aromatic N) is 3. The van der Waals surface area contributed by atoms with Crippen LogP contribution < -0.4 is 5.32 Å². The van der Waals surface area contributed by atoms with Crippen LogP contribution in [0.25, 0.3) is 0 Å². The van der Waals surface area contributed by atoms with Crippen molar-refractivity contribution in [3.8, 4) is 0 Å². The number of nitrogens with one attached hydrogen (secondary N) is 1. The van der Waals surface area contributed by atoms with Crippen molar-refractivity contribution < 1.29 is 13.5 Å². The molecule has 1 atom stereocenters. The number of hydrogen-bond donors (Lipinski definition) is 1. The Balaban J connectivity index is 0.00000280. The van der Waals surface area contributed by atoms with Crippen molar-refractivity contribution in [2.45, 2.75) is 19.8 Å². The van der Waals surface area contributed by atoms with Gasteiger partial charge < -0.3 is 15.0 Å². The Morgan fingerprint density at radius 2 is 2.04 bits per heavy atom. The molecule has 0 spiro atoms. The van der Waals surface area contributed by atoms with Gasteiger partial charge in [-0.15, -0.1) is 24.0 Å². The van der Waals surface area contributed by atoms with Gasteiger partial charge in [-0.3, -0.25) is 9.89 Å². The molecule has 0 radical (unpaired) electrons. The van der Waals surface area contributed by atoms with E-state index in [0.29, 0.717) is 24.4 Å². The van der Waals surface area contributed by atoms with Crippen LogP contribution in [0.1, 0.15) is 18.9 Å². The Morgan fingerprint density at radius 1 is 1.25 bits per heavy atom. The van der Waals surface area contributed by atoms with Crippen LogP contribution in [0.15, 0.2) is 23.2 Å². The summed E-state index contributed by atoms with van der Waals surface area (Å²) in [6, 6.07) is 3.73. The minimum atomic E-state index is -0.545. The first-order valence-corrected chi connectivity index (χ1v) is 9.93. The summed E-state index contributed by atoms with van der Waals surface area (Å²) in [5.41, 5.74) is 0.502. The van der Waals surface area contributed by atoms with Crippen LogP contribution in [-0.2, 0) is 11.2 Å². The van der Waals surface area contributed by atoms with Gasteiger partial charge in [0.05, 0.1) is 13.2 Å². The molecule has 8 heteroatoms. The molecule has 28 heavy (non-hydrogen) atoms. The fourth-order valence-electron chi connectivity index (χ4n) is 3.76. The Labute approximate surface area is 183 Å². The largest absolute Gasteiger partial charge is 0.379 e. The van der Waals surface area contributed by atoms with Gasteiger partial charge in [0, 0.05) is 51.9 Å². The second-order valence-electron chi connectivity index (χ2n) is 7.24. The van der Waals surface area contributed by atoms with Gasteiger partial charge in [-0.05, 0) is 37.3 Å². The van der Waals surface area contributed by atoms with Gasteiger partial charge in [0.15, 0.2) is 5.96 Å². The molecule has 2 aliphatic rings. The molecular formula is C20H31F2IN4O. The number of aliphatic imine (C=N–C) groups is 1. The zero-order valence-electron chi connectivity index (χ0n) is 16.5. The molecule has 5 nitrogen and oxygen atoms in total. The van der Waals surface area contributed by atoms with E-state index in [1.807, 2.05) is 0 Å². The summed E-state index contributed by atoms with van der Waals surface area (Å²) in [7, 11) is 0. The molecule has 0 bridgehead atoms. The lowest BCUT2D eigenvalue weighted by molar-refractivity contribution is 0.0315. The summed E-state index contributed by atoms with van der Waals surface area (Å²) in [5.74, 6) is 0.490. The summed E-state index contributed by atoms with van der Waals surface area (Å²) in [5, 5.41) is 3.35. The number of rotatable bonds is 6. The van der Waals surface area contributed by atoms with Crippen molar-refractivity contribution in [2.75, 3.05) is 59.0 Å². The summed E-state index contributed by atoms with van der Waals surface area (Å²) in [6.07, 6.45) is 1.63. The van der Waals surface area contributed by atoms with Crippen LogP contribution >= 0.6 is 24.0 Å². The monoisotopic (exact) mass is 508 g/mol. The minimum absolute atomic E-state index is 0. The van der Waals surface area contributed by atoms with Gasteiger partial charge in [-0.25, -0.2) is 8.78 Å². The smallest absolute Gasteiger partial charge is 0.193 e. The normalized spacial score (nSPS) is 20.9. The number of hydrogen-bond acceptors (Lipinski definition) is 3. The molecule has 1 aromatic rings. The highest BCUT2D eigenvalue weighted by atomic mass is 127. The third-order valence-electron chi connectivity index (χ3n) is 5.20. The molecule has 2 heterocycles. The van der Waals surface area contributed by atoms with Crippen molar-refractivity contribution in [2.24, 2.45) is 10.9 Å². The van der Waals surface area contributed by atoms with Crippen LogP contribution in [0.3, 0.4) is 0 Å². The predicted octanol–water partition coefficient (Wildman–Crippen LogP) is 2.74. The number of ether oxygens (including phenoxy) is 1. The third kappa shape index (κ3) is 6.81. The van der Waals surface area contributed by atoms with E-state index in [4.69, 9.17) is 4.74 Å². The number of halogens is 3. The molecule has 0 amide bonds. The Bertz CT molecular complexity index is 641. The standard InChI is InChI=1S/C20H30F2N4O.HI/c1-2-23-20(24-7-5-17-3-4-18(21)13-19(17)22)26-8-6-16(15-26)14-25-9-11-27-12-10-25;/h3-4,13,16H,2,5-12,14-15H2,1H3,(H,23,24);1H. The van der Waals surface area contributed by atoms with Gasteiger partial charge in [-0.2, -0.15) is 0 Å². The molecule has 3 rings (SSSR count). The van der Waals surface area contributed by atoms with Crippen LogP contribution in [0.2, 0.25) is 0 Å². The summed E-state index contributed by atoms with van der Waals surface area (Å²) in [4.78, 5) is 9.46. The van der Waals surface area contributed by atoms with Crippen LogP contribution in [0.4, 0.5) is 8.78 Å². The van der Waals surface area contributed by atoms with Crippen molar-refractivity contribution >= 4 is 29.9 Å². The highest BCUT2D eigenvalue weighted by molar-refractivity contribution is 14.0. The van der Waals surface area contributed by atoms with E-state index < -0.39 is 11.6 Å². The van der Waals surface area contributed by atoms with Crippen LogP contribution in [-0.4, -0.2) is 74.8 Å². The quantitative estimate of drug-likeness (QED) is 0.365. The summed E-state index contributed by atoms with van der Waals surface area (Å²) >= 11 is 0. The SMILES string of the molecule is CCNC(=NCCc1ccc(F)cc1F)N1CCC(CN2CCOCC2)C1.I. The zero-order valence-corrected chi connectivity index (χ0v) is 18.8. The van der Waals surface area contributed by atoms with E-state index in [9.17, 15) is 8.78 Å². The van der Waals surface area contributed by atoms with Crippen molar-refractivity contribution in [1.29, 1.82) is 0 Å². The Hall–Kier alpha value is -1.00. The molecule has 0 saturated carbocycles. The zero-order chi connectivity index (χ0) is 19.1. The first kappa shape index (κ1) is 23.3. The number of likely N-dealkylation sites (tertiary alicyclic amines) is 1. The highest BCUT2D eigenvalue weighted by Crippen LogP contribution is 2.18. The molecule has 1 aromatic carbocycles. The Morgan fingerprint density at radius 3 is 2.75 bits per heavy atom. The van der Waals surface area contributed by atoms with Gasteiger partial charge >= 0.3 is 0 Å². The predicted molar refractivity (Wildman–Crippen MR) is 118 cm³/mol. The topological polar surface area (TPSA) is 40.1 Å². The summed E-state index contributed by atoms with van der Waals surface area (Å²) < 4.78 is 32.2. The molecular weight excluding hydrogens is 477 g/mol. The first-order valence-electron chi connectivity index (χ1n) is 9.93. The average molecular weight is 508 g/mol. The highest BCUT2D eigenvalue weighted by Gasteiger charge is 2.27. The second-order valence-corrected chi connectivity index (χ2v) is 7.24. The van der Waals surface area contributed by atoms with Crippen LogP contribution in [0, 0.1) is 17.6 Å². The van der Waals surface area contributed by atoms with Gasteiger partial charge in [-0.1, -0.05) is 6.07 Å². The number of benzene rings is 1. The van der Waals surface area contributed by atoms with Gasteiger partial charge in [0.2, 0.25) is 0 Å². The molecule has 1 N–H and O–H groups in total. The van der Waals surface area contributed by atoms with E-state index in [2.05, 4.69) is 27.0 Å². The first-order chi connectivity index (χ1) is 13.2. The maximum absolute atomic E-state index is 13.8. The van der Waals surface area contributed by atoms with Crippen molar-refractivity contribution in [1.82, 2.24) is 15.1 Å². The number of morpholine rings is 1. The molecule has 2 saturated heterocycles. The fraction of sp³-hybridized carbons (Fsp3) is 0.650. The van der Waals surface area contributed by atoms with E-state index in [1.54, 1.807) is 0 Å². The molecule has 1 unspecified atom stereocenters. The lowest BCUT2D eigenvalue weighted by Crippen LogP contribution is -2.42. The molecule has 0 aromatic heterocycles. The molecule has 0 aliphatic carbocycles. The average Bonchev–Trinajstić information content (AvgIpc) is 3.12. The fourth-order valence-corrected chi connectivity index (χ4v) is 3.76. The molecule has 158 valence electrons.